The molecule has 2 saturated carbocycles. The van der Waals surface area contributed by atoms with Crippen molar-refractivity contribution in [2.45, 2.75) is 37.6 Å². The van der Waals surface area contributed by atoms with E-state index in [0.717, 1.165) is 23.1 Å². The zero-order valence-corrected chi connectivity index (χ0v) is 12.3. The summed E-state index contributed by atoms with van der Waals surface area (Å²) in [5.41, 5.74) is -0.454. The highest BCUT2D eigenvalue weighted by atomic mass is 32.1. The van der Waals surface area contributed by atoms with Crippen LogP contribution in [0.25, 0.3) is 10.2 Å². The molecule has 2 fully saturated rings. The normalized spacial score (nSPS) is 21.7. The van der Waals surface area contributed by atoms with Gasteiger partial charge in [-0.15, -0.1) is 11.3 Å². The van der Waals surface area contributed by atoms with Crippen LogP contribution in [0, 0.1) is 5.41 Å². The van der Waals surface area contributed by atoms with E-state index in [1.807, 2.05) is 11.4 Å². The number of fused-ring (bicyclic) bond motifs is 1. The van der Waals surface area contributed by atoms with Gasteiger partial charge in [-0.1, -0.05) is 6.42 Å². The van der Waals surface area contributed by atoms with Gasteiger partial charge in [0.25, 0.3) is 5.91 Å². The average molecular weight is 304 g/mol. The standard InChI is InChI=1S/C15H16N2O3S/c18-11(10-6-9-2-5-21-12(9)16-10)17-15(13(19)20)7-14(8-15)3-1-4-14/h2,5-6,16H,1,3-4,7-8H2,(H,17,18)(H,19,20). The van der Waals surface area contributed by atoms with Crippen LogP contribution in [0.2, 0.25) is 0 Å². The fourth-order valence-corrected chi connectivity index (χ4v) is 4.59. The molecule has 0 aliphatic heterocycles. The lowest BCUT2D eigenvalue weighted by atomic mass is 9.48. The van der Waals surface area contributed by atoms with Crippen molar-refractivity contribution in [3.8, 4) is 0 Å². The summed E-state index contributed by atoms with van der Waals surface area (Å²) in [7, 11) is 0. The van der Waals surface area contributed by atoms with Crippen molar-refractivity contribution in [3.63, 3.8) is 0 Å². The van der Waals surface area contributed by atoms with Crippen molar-refractivity contribution in [1.29, 1.82) is 0 Å². The summed E-state index contributed by atoms with van der Waals surface area (Å²) in [5.74, 6) is -1.24. The van der Waals surface area contributed by atoms with Crippen molar-refractivity contribution in [3.05, 3.63) is 23.2 Å². The molecule has 0 unspecified atom stereocenters. The molecule has 2 heterocycles. The van der Waals surface area contributed by atoms with E-state index in [9.17, 15) is 14.7 Å². The summed E-state index contributed by atoms with van der Waals surface area (Å²) < 4.78 is 0. The van der Waals surface area contributed by atoms with Crippen molar-refractivity contribution < 1.29 is 14.7 Å². The Balaban J connectivity index is 1.54. The first-order valence-electron chi connectivity index (χ1n) is 7.14. The molecule has 1 amide bonds. The Kier molecular flexibility index (Phi) is 2.52. The van der Waals surface area contributed by atoms with Gasteiger partial charge in [0.1, 0.15) is 16.1 Å². The fraction of sp³-hybridized carbons (Fsp3) is 0.467. The highest BCUT2D eigenvalue weighted by molar-refractivity contribution is 7.16. The van der Waals surface area contributed by atoms with E-state index in [0.29, 0.717) is 18.5 Å². The van der Waals surface area contributed by atoms with Crippen molar-refractivity contribution >= 4 is 33.4 Å². The first-order valence-corrected chi connectivity index (χ1v) is 8.02. The Morgan fingerprint density at radius 2 is 2.10 bits per heavy atom. The number of hydrogen-bond donors (Lipinski definition) is 3. The fourth-order valence-electron chi connectivity index (χ4n) is 3.81. The second kappa shape index (κ2) is 4.10. The van der Waals surface area contributed by atoms with Crippen LogP contribution in [-0.4, -0.2) is 27.5 Å². The quantitative estimate of drug-likeness (QED) is 0.815. The Labute approximate surface area is 125 Å². The van der Waals surface area contributed by atoms with Crippen LogP contribution < -0.4 is 5.32 Å². The monoisotopic (exact) mass is 304 g/mol. The van der Waals surface area contributed by atoms with Crippen LogP contribution in [0.5, 0.6) is 0 Å². The zero-order chi connectivity index (χ0) is 14.7. The van der Waals surface area contributed by atoms with E-state index in [1.54, 1.807) is 6.07 Å². The number of thiophene rings is 1. The third-order valence-corrected chi connectivity index (χ3v) is 5.86. The summed E-state index contributed by atoms with van der Waals surface area (Å²) >= 11 is 1.53. The van der Waals surface area contributed by atoms with E-state index in [4.69, 9.17) is 0 Å². The summed E-state index contributed by atoms with van der Waals surface area (Å²) in [6.07, 6.45) is 4.50. The molecule has 5 nitrogen and oxygen atoms in total. The third-order valence-electron chi connectivity index (χ3n) is 5.02. The lowest BCUT2D eigenvalue weighted by Crippen LogP contribution is -2.68. The van der Waals surface area contributed by atoms with E-state index < -0.39 is 11.5 Å². The third kappa shape index (κ3) is 1.82. The number of carboxylic acids is 1. The zero-order valence-electron chi connectivity index (χ0n) is 11.4. The number of aromatic nitrogens is 1. The predicted octanol–water partition coefficient (Wildman–Crippen LogP) is 2.75. The minimum absolute atomic E-state index is 0.182. The molecule has 110 valence electrons. The molecule has 2 aromatic rings. The molecule has 6 heteroatoms. The second-order valence-electron chi connectivity index (χ2n) is 6.44. The van der Waals surface area contributed by atoms with Gasteiger partial charge in [-0.2, -0.15) is 0 Å². The number of carbonyl (C=O) groups excluding carboxylic acids is 1. The van der Waals surface area contributed by atoms with Gasteiger partial charge in [-0.3, -0.25) is 4.79 Å². The van der Waals surface area contributed by atoms with Crippen LogP contribution in [0.15, 0.2) is 17.5 Å². The Morgan fingerprint density at radius 1 is 1.33 bits per heavy atom. The minimum atomic E-state index is -1.07. The SMILES string of the molecule is O=C(NC1(C(=O)O)CC2(CCC2)C1)c1cc2ccsc2[nH]1. The molecule has 4 rings (SSSR count). The van der Waals surface area contributed by atoms with Gasteiger partial charge in [-0.05, 0) is 48.6 Å². The van der Waals surface area contributed by atoms with Gasteiger partial charge in [0.05, 0.1) is 0 Å². The molecule has 0 radical (unpaired) electrons. The molecule has 0 bridgehead atoms. The van der Waals surface area contributed by atoms with Crippen molar-refractivity contribution in [2.24, 2.45) is 5.41 Å². The molecular formula is C15H16N2O3S. The number of aromatic amines is 1. The maximum absolute atomic E-state index is 12.3. The molecule has 3 N–H and O–H groups in total. The first kappa shape index (κ1) is 12.9. The van der Waals surface area contributed by atoms with Crippen molar-refractivity contribution in [2.75, 3.05) is 0 Å². The number of carboxylic acid groups (broad SMARTS) is 1. The number of rotatable bonds is 3. The Hall–Kier alpha value is -1.82. The molecule has 1 spiro atoms. The largest absolute Gasteiger partial charge is 0.480 e. The molecular weight excluding hydrogens is 288 g/mol. The molecule has 21 heavy (non-hydrogen) atoms. The number of amides is 1. The topological polar surface area (TPSA) is 82.2 Å². The molecule has 2 aliphatic carbocycles. The van der Waals surface area contributed by atoms with Gasteiger partial charge in [-0.25, -0.2) is 4.79 Å². The number of H-pyrrole nitrogens is 1. The maximum Gasteiger partial charge on any atom is 0.329 e. The first-order chi connectivity index (χ1) is 10.0. The summed E-state index contributed by atoms with van der Waals surface area (Å²) in [4.78, 5) is 27.9. The van der Waals surface area contributed by atoms with Gasteiger partial charge >= 0.3 is 5.97 Å². The number of nitrogens with one attached hydrogen (secondary N) is 2. The minimum Gasteiger partial charge on any atom is -0.480 e. The van der Waals surface area contributed by atoms with Crippen LogP contribution in [0.3, 0.4) is 0 Å². The lowest BCUT2D eigenvalue weighted by molar-refractivity contribution is -0.161. The molecule has 2 aliphatic rings. The number of hydrogen-bond acceptors (Lipinski definition) is 3. The average Bonchev–Trinajstić information content (AvgIpc) is 2.90. The number of carbonyl (C=O) groups is 2. The summed E-state index contributed by atoms with van der Waals surface area (Å²) in [5, 5.41) is 15.2. The smallest absolute Gasteiger partial charge is 0.329 e. The second-order valence-corrected chi connectivity index (χ2v) is 7.35. The lowest BCUT2D eigenvalue weighted by Gasteiger charge is -2.58. The summed E-state index contributed by atoms with van der Waals surface area (Å²) in [6.45, 7) is 0. The molecule has 0 saturated heterocycles. The molecule has 2 aromatic heterocycles. The number of aliphatic carboxylic acids is 1. The van der Waals surface area contributed by atoms with Gasteiger partial charge in [0.15, 0.2) is 0 Å². The predicted molar refractivity (Wildman–Crippen MR) is 79.5 cm³/mol. The van der Waals surface area contributed by atoms with Crippen LogP contribution in [0.4, 0.5) is 0 Å². The Bertz CT molecular complexity index is 705. The van der Waals surface area contributed by atoms with Crippen molar-refractivity contribution in [1.82, 2.24) is 10.3 Å². The van der Waals surface area contributed by atoms with Gasteiger partial charge < -0.3 is 15.4 Å². The molecule has 0 aromatic carbocycles. The van der Waals surface area contributed by atoms with E-state index in [1.165, 1.54) is 17.8 Å². The maximum atomic E-state index is 12.3. The van der Waals surface area contributed by atoms with Crippen LogP contribution in [0.1, 0.15) is 42.6 Å². The van der Waals surface area contributed by atoms with Gasteiger partial charge in [0, 0.05) is 5.39 Å². The highest BCUT2D eigenvalue weighted by Crippen LogP contribution is 2.60. The van der Waals surface area contributed by atoms with Crippen LogP contribution in [-0.2, 0) is 4.79 Å². The summed E-state index contributed by atoms with van der Waals surface area (Å²) in [6, 6.07) is 3.71. The van der Waals surface area contributed by atoms with Crippen LogP contribution >= 0.6 is 11.3 Å². The van der Waals surface area contributed by atoms with E-state index >= 15 is 0 Å². The Morgan fingerprint density at radius 3 is 2.67 bits per heavy atom. The molecule has 0 atom stereocenters. The van der Waals surface area contributed by atoms with E-state index in [2.05, 4.69) is 10.3 Å². The van der Waals surface area contributed by atoms with E-state index in [-0.39, 0.29) is 11.3 Å². The van der Waals surface area contributed by atoms with Gasteiger partial charge in [0.2, 0.25) is 0 Å². The highest BCUT2D eigenvalue weighted by Gasteiger charge is 2.61.